The molecule has 1 aliphatic heterocycles. The zero-order valence-electron chi connectivity index (χ0n) is 11.3. The third-order valence-electron chi connectivity index (χ3n) is 3.60. The molecule has 0 aliphatic carbocycles. The molecule has 4 heteroatoms. The first kappa shape index (κ1) is 15.0. The Morgan fingerprint density at radius 3 is 2.84 bits per heavy atom. The minimum Gasteiger partial charge on any atom is -0.387 e. The molecule has 106 valence electrons. The molecule has 1 heterocycles. The zero-order valence-corrected chi connectivity index (χ0v) is 12.9. The van der Waals surface area contributed by atoms with Crippen LogP contribution in [0.4, 0.5) is 0 Å². The average Bonchev–Trinajstić information content (AvgIpc) is 2.91. The molecule has 0 amide bonds. The smallest absolute Gasteiger partial charge is 0.0914 e. The predicted octanol–water partition coefficient (Wildman–Crippen LogP) is 2.56. The molecule has 0 spiro atoms. The van der Waals surface area contributed by atoms with E-state index in [4.69, 9.17) is 0 Å². The van der Waals surface area contributed by atoms with Crippen molar-refractivity contribution in [2.75, 3.05) is 32.7 Å². The van der Waals surface area contributed by atoms with Gasteiger partial charge in [0.25, 0.3) is 0 Å². The quantitative estimate of drug-likeness (QED) is 0.756. The minimum atomic E-state index is -0.427. The van der Waals surface area contributed by atoms with Crippen molar-refractivity contribution in [1.29, 1.82) is 0 Å². The Morgan fingerprint density at radius 2 is 2.11 bits per heavy atom. The fourth-order valence-electron chi connectivity index (χ4n) is 2.50. The lowest BCUT2D eigenvalue weighted by molar-refractivity contribution is 0.174. The van der Waals surface area contributed by atoms with Crippen molar-refractivity contribution in [1.82, 2.24) is 10.2 Å². The molecule has 2 N–H and O–H groups in total. The molecule has 0 bridgehead atoms. The molecule has 3 nitrogen and oxygen atoms in total. The summed E-state index contributed by atoms with van der Waals surface area (Å²) in [5.41, 5.74) is 0.960. The van der Waals surface area contributed by atoms with E-state index in [1.54, 1.807) is 0 Å². The lowest BCUT2D eigenvalue weighted by Gasteiger charge is -2.16. The highest BCUT2D eigenvalue weighted by Gasteiger charge is 2.10. The largest absolute Gasteiger partial charge is 0.387 e. The van der Waals surface area contributed by atoms with Gasteiger partial charge >= 0.3 is 0 Å². The Kier molecular flexibility index (Phi) is 6.31. The van der Waals surface area contributed by atoms with E-state index in [1.807, 2.05) is 24.3 Å². The molecule has 1 saturated heterocycles. The first-order valence-electron chi connectivity index (χ1n) is 7.12. The number of nitrogens with zero attached hydrogens (tertiary/aromatic N) is 1. The first-order chi connectivity index (χ1) is 9.25. The van der Waals surface area contributed by atoms with Crippen LogP contribution in [0.2, 0.25) is 0 Å². The molecular weight excluding hydrogens is 304 g/mol. The fourth-order valence-corrected chi connectivity index (χ4v) is 2.92. The van der Waals surface area contributed by atoms with Gasteiger partial charge in [0, 0.05) is 11.0 Å². The molecule has 1 aliphatic rings. The lowest BCUT2D eigenvalue weighted by atomic mass is 10.1. The van der Waals surface area contributed by atoms with Gasteiger partial charge in [-0.3, -0.25) is 0 Å². The van der Waals surface area contributed by atoms with Gasteiger partial charge in [0.15, 0.2) is 0 Å². The van der Waals surface area contributed by atoms with Gasteiger partial charge in [-0.1, -0.05) is 28.1 Å². The number of hydrogen-bond donors (Lipinski definition) is 2. The standard InChI is InChI=1S/C15H23BrN2O/c16-14-6-3-5-13(11-14)15(19)12-17-7-4-10-18-8-1-2-9-18/h3,5-6,11,15,17,19H,1-2,4,7-10,12H2. The molecule has 0 radical (unpaired) electrons. The topological polar surface area (TPSA) is 35.5 Å². The maximum Gasteiger partial charge on any atom is 0.0914 e. The van der Waals surface area contributed by atoms with Crippen molar-refractivity contribution in [2.24, 2.45) is 0 Å². The van der Waals surface area contributed by atoms with Gasteiger partial charge in [-0.25, -0.2) is 0 Å². The summed E-state index contributed by atoms with van der Waals surface area (Å²) in [5.74, 6) is 0. The van der Waals surface area contributed by atoms with Crippen molar-refractivity contribution in [3.05, 3.63) is 34.3 Å². The van der Waals surface area contributed by atoms with Crippen molar-refractivity contribution < 1.29 is 5.11 Å². The Morgan fingerprint density at radius 1 is 1.32 bits per heavy atom. The molecule has 19 heavy (non-hydrogen) atoms. The Bertz CT molecular complexity index is 380. The molecule has 1 atom stereocenters. The van der Waals surface area contributed by atoms with E-state index in [-0.39, 0.29) is 0 Å². The fraction of sp³-hybridized carbons (Fsp3) is 0.600. The average molecular weight is 327 g/mol. The molecule has 0 aromatic heterocycles. The summed E-state index contributed by atoms with van der Waals surface area (Å²) in [7, 11) is 0. The van der Waals surface area contributed by atoms with Gasteiger partial charge in [0.2, 0.25) is 0 Å². The Balaban J connectivity index is 1.59. The SMILES string of the molecule is OC(CNCCCN1CCCC1)c1cccc(Br)c1. The van der Waals surface area contributed by atoms with E-state index in [0.717, 1.165) is 23.0 Å². The van der Waals surface area contributed by atoms with Crippen molar-refractivity contribution in [2.45, 2.75) is 25.4 Å². The van der Waals surface area contributed by atoms with E-state index < -0.39 is 6.10 Å². The van der Waals surface area contributed by atoms with Gasteiger partial charge in [0.1, 0.15) is 0 Å². The summed E-state index contributed by atoms with van der Waals surface area (Å²) in [6, 6.07) is 7.85. The van der Waals surface area contributed by atoms with Gasteiger partial charge in [-0.15, -0.1) is 0 Å². The highest BCUT2D eigenvalue weighted by molar-refractivity contribution is 9.10. The van der Waals surface area contributed by atoms with Crippen LogP contribution in [0.15, 0.2) is 28.7 Å². The third-order valence-corrected chi connectivity index (χ3v) is 4.09. The monoisotopic (exact) mass is 326 g/mol. The Hall–Kier alpha value is -0.420. The summed E-state index contributed by atoms with van der Waals surface area (Å²) < 4.78 is 1.01. The molecule has 2 rings (SSSR count). The summed E-state index contributed by atoms with van der Waals surface area (Å²) in [6.07, 6.45) is 3.44. The minimum absolute atomic E-state index is 0.427. The number of nitrogens with one attached hydrogen (secondary N) is 1. The third kappa shape index (κ3) is 5.22. The number of halogens is 1. The van der Waals surface area contributed by atoms with E-state index in [9.17, 15) is 5.11 Å². The van der Waals surface area contributed by atoms with Crippen LogP contribution in [0.3, 0.4) is 0 Å². The van der Waals surface area contributed by atoms with Gasteiger partial charge < -0.3 is 15.3 Å². The number of likely N-dealkylation sites (tertiary alicyclic amines) is 1. The van der Waals surface area contributed by atoms with Crippen molar-refractivity contribution in [3.63, 3.8) is 0 Å². The number of aliphatic hydroxyl groups is 1. The summed E-state index contributed by atoms with van der Waals surface area (Å²) in [5, 5.41) is 13.4. The molecular formula is C15H23BrN2O. The zero-order chi connectivity index (χ0) is 13.5. The number of aliphatic hydroxyl groups excluding tert-OH is 1. The highest BCUT2D eigenvalue weighted by Crippen LogP contribution is 2.17. The van der Waals surface area contributed by atoms with Crippen LogP contribution >= 0.6 is 15.9 Å². The van der Waals surface area contributed by atoms with Crippen LogP contribution in [-0.4, -0.2) is 42.7 Å². The van der Waals surface area contributed by atoms with Crippen LogP contribution in [0.25, 0.3) is 0 Å². The van der Waals surface area contributed by atoms with E-state index >= 15 is 0 Å². The molecule has 1 unspecified atom stereocenters. The number of benzene rings is 1. The lowest BCUT2D eigenvalue weighted by Crippen LogP contribution is -2.27. The molecule has 0 saturated carbocycles. The van der Waals surface area contributed by atoms with Gasteiger partial charge in [-0.05, 0) is 63.1 Å². The first-order valence-corrected chi connectivity index (χ1v) is 7.91. The highest BCUT2D eigenvalue weighted by atomic mass is 79.9. The Labute approximate surface area is 124 Å². The summed E-state index contributed by atoms with van der Waals surface area (Å²) >= 11 is 3.42. The second-order valence-corrected chi connectivity index (χ2v) is 6.09. The second kappa shape index (κ2) is 8.00. The predicted molar refractivity (Wildman–Crippen MR) is 82.3 cm³/mol. The normalized spacial score (nSPS) is 17.8. The molecule has 1 aromatic rings. The van der Waals surface area contributed by atoms with E-state index in [0.29, 0.717) is 6.54 Å². The van der Waals surface area contributed by atoms with Crippen molar-refractivity contribution in [3.8, 4) is 0 Å². The molecule has 1 aromatic carbocycles. The second-order valence-electron chi connectivity index (χ2n) is 5.18. The molecule has 1 fully saturated rings. The van der Waals surface area contributed by atoms with Crippen molar-refractivity contribution >= 4 is 15.9 Å². The maximum atomic E-state index is 10.1. The van der Waals surface area contributed by atoms with Crippen LogP contribution in [0, 0.1) is 0 Å². The number of hydrogen-bond acceptors (Lipinski definition) is 3. The number of rotatable bonds is 7. The van der Waals surface area contributed by atoms with Crippen LogP contribution in [0.1, 0.15) is 30.9 Å². The maximum absolute atomic E-state index is 10.1. The van der Waals surface area contributed by atoms with Crippen LogP contribution in [0.5, 0.6) is 0 Å². The van der Waals surface area contributed by atoms with Crippen LogP contribution in [-0.2, 0) is 0 Å². The van der Waals surface area contributed by atoms with Crippen LogP contribution < -0.4 is 5.32 Å². The van der Waals surface area contributed by atoms with E-state index in [1.165, 1.54) is 32.5 Å². The van der Waals surface area contributed by atoms with Gasteiger partial charge in [-0.2, -0.15) is 0 Å². The summed E-state index contributed by atoms with van der Waals surface area (Å²) in [4.78, 5) is 2.52. The van der Waals surface area contributed by atoms with Gasteiger partial charge in [0.05, 0.1) is 6.10 Å². The summed E-state index contributed by atoms with van der Waals surface area (Å²) in [6.45, 7) is 5.30. The van der Waals surface area contributed by atoms with E-state index in [2.05, 4.69) is 26.1 Å².